The van der Waals surface area contributed by atoms with Crippen LogP contribution in [0.15, 0.2) is 0 Å². The Labute approximate surface area is 120 Å². The zero-order valence-corrected chi connectivity index (χ0v) is 13.5. The molecule has 0 heterocycles. The molecule has 0 aliphatic carbocycles. The van der Waals surface area contributed by atoms with Gasteiger partial charge >= 0.3 is 0 Å². The highest BCUT2D eigenvalue weighted by Crippen LogP contribution is 2.09. The van der Waals surface area contributed by atoms with Crippen LogP contribution >= 0.6 is 11.6 Å². The first kappa shape index (κ1) is 19.9. The maximum Gasteiger partial charge on any atom is 0.0794 e. The summed E-state index contributed by atoms with van der Waals surface area (Å²) in [5, 5.41) is 0. The Bertz CT molecular complexity index is 149. The highest BCUT2D eigenvalue weighted by molar-refractivity contribution is 6.17. The van der Waals surface area contributed by atoms with Crippen LogP contribution < -0.4 is 12.4 Å². The van der Waals surface area contributed by atoms with E-state index in [0.717, 1.165) is 16.8 Å². The predicted molar refractivity (Wildman–Crippen MR) is 75.2 cm³/mol. The molecule has 0 rings (SSSR count). The summed E-state index contributed by atoms with van der Waals surface area (Å²) in [4.78, 5) is 0. The van der Waals surface area contributed by atoms with Crippen LogP contribution in [0.4, 0.5) is 0 Å². The molecular weight excluding hydrogens is 253 g/mol. The van der Waals surface area contributed by atoms with Gasteiger partial charge in [-0.25, -0.2) is 0 Å². The number of quaternary nitrogens is 1. The Morgan fingerprint density at radius 3 is 1.76 bits per heavy atom. The highest BCUT2D eigenvalue weighted by Gasteiger charge is 2.12. The second-order valence-corrected chi connectivity index (χ2v) is 5.92. The number of unbranched alkanes of at least 4 members (excludes halogenated alkanes) is 6. The van der Waals surface area contributed by atoms with Crippen molar-refractivity contribution in [3.8, 4) is 0 Å². The van der Waals surface area contributed by atoms with E-state index in [1.54, 1.807) is 0 Å². The van der Waals surface area contributed by atoms with Crippen LogP contribution in [-0.4, -0.2) is 37.5 Å². The van der Waals surface area contributed by atoms with Gasteiger partial charge in [0.05, 0.1) is 27.2 Å². The molecule has 0 aliphatic heterocycles. The lowest BCUT2D eigenvalue weighted by atomic mass is 10.1. The van der Waals surface area contributed by atoms with Gasteiger partial charge in [-0.1, -0.05) is 39.0 Å². The van der Waals surface area contributed by atoms with Crippen LogP contribution in [-0.2, 0) is 0 Å². The summed E-state index contributed by atoms with van der Waals surface area (Å²) >= 11 is 5.73. The average molecular weight is 284 g/mol. The van der Waals surface area contributed by atoms with Crippen LogP contribution in [0.5, 0.6) is 0 Å². The Balaban J connectivity index is 0. The van der Waals surface area contributed by atoms with Crippen molar-refractivity contribution in [3.05, 3.63) is 0 Å². The van der Waals surface area contributed by atoms with Crippen molar-refractivity contribution < 1.29 is 16.9 Å². The lowest BCUT2D eigenvalue weighted by Crippen LogP contribution is -3.00. The molecule has 0 saturated carbocycles. The molecule has 0 aromatic rings. The molecule has 1 nitrogen and oxygen atoms in total. The topological polar surface area (TPSA) is 0 Å². The van der Waals surface area contributed by atoms with E-state index >= 15 is 0 Å². The summed E-state index contributed by atoms with van der Waals surface area (Å²) in [5.74, 6) is 0.804. The molecule has 0 spiro atoms. The largest absolute Gasteiger partial charge is 1.00 e. The minimum Gasteiger partial charge on any atom is -1.00 e. The summed E-state index contributed by atoms with van der Waals surface area (Å²) in [6.45, 7) is 4.81. The molecule has 0 saturated heterocycles. The number of rotatable bonds is 11. The average Bonchev–Trinajstić information content (AvgIpc) is 2.25. The van der Waals surface area contributed by atoms with E-state index in [-0.39, 0.29) is 12.4 Å². The van der Waals surface area contributed by atoms with Crippen molar-refractivity contribution in [1.29, 1.82) is 0 Å². The van der Waals surface area contributed by atoms with Gasteiger partial charge in [0.2, 0.25) is 0 Å². The van der Waals surface area contributed by atoms with Gasteiger partial charge in [-0.05, 0) is 12.8 Å². The third-order valence-electron chi connectivity index (χ3n) is 3.26. The summed E-state index contributed by atoms with van der Waals surface area (Å²) < 4.78 is 1.14. The maximum absolute atomic E-state index is 5.73. The lowest BCUT2D eigenvalue weighted by Gasteiger charge is -2.29. The SMILES string of the molecule is CCCCCCCCC[N+](C)(C)CCCCl.[Cl-]. The Morgan fingerprint density at radius 1 is 0.765 bits per heavy atom. The van der Waals surface area contributed by atoms with E-state index in [1.807, 2.05) is 0 Å². The van der Waals surface area contributed by atoms with Gasteiger partial charge in [0, 0.05) is 12.3 Å². The summed E-state index contributed by atoms with van der Waals surface area (Å²) in [6.07, 6.45) is 11.0. The number of hydrogen-bond donors (Lipinski definition) is 0. The second kappa shape index (κ2) is 13.0. The molecule has 0 amide bonds. The lowest BCUT2D eigenvalue weighted by molar-refractivity contribution is -0.890. The van der Waals surface area contributed by atoms with E-state index in [4.69, 9.17) is 11.6 Å². The molecule has 0 aliphatic rings. The number of hydrogen-bond acceptors (Lipinski definition) is 0. The fourth-order valence-electron chi connectivity index (χ4n) is 2.10. The first-order valence-electron chi connectivity index (χ1n) is 7.00. The molecule has 0 N–H and O–H groups in total. The van der Waals surface area contributed by atoms with E-state index in [0.29, 0.717) is 0 Å². The smallest absolute Gasteiger partial charge is 0.0794 e. The van der Waals surface area contributed by atoms with Crippen LogP contribution in [0.3, 0.4) is 0 Å². The van der Waals surface area contributed by atoms with Gasteiger partial charge in [-0.15, -0.1) is 11.6 Å². The molecule has 106 valence electrons. The third-order valence-corrected chi connectivity index (χ3v) is 3.53. The monoisotopic (exact) mass is 283 g/mol. The van der Waals surface area contributed by atoms with Crippen LogP contribution in [0.1, 0.15) is 58.3 Å². The Kier molecular flexibility index (Phi) is 15.2. The molecule has 0 fully saturated rings. The van der Waals surface area contributed by atoms with Gasteiger partial charge in [-0.3, -0.25) is 0 Å². The number of nitrogens with zero attached hydrogens (tertiary/aromatic N) is 1. The molecule has 17 heavy (non-hydrogen) atoms. The summed E-state index contributed by atoms with van der Waals surface area (Å²) in [6, 6.07) is 0. The van der Waals surface area contributed by atoms with E-state index in [2.05, 4.69) is 21.0 Å². The molecule has 0 aromatic heterocycles. The molecule has 0 radical (unpaired) electrons. The highest BCUT2D eigenvalue weighted by atomic mass is 35.5. The predicted octanol–water partition coefficient (Wildman–Crippen LogP) is 1.45. The van der Waals surface area contributed by atoms with Crippen molar-refractivity contribution in [2.45, 2.75) is 58.3 Å². The van der Waals surface area contributed by atoms with Crippen molar-refractivity contribution >= 4 is 11.6 Å². The van der Waals surface area contributed by atoms with Gasteiger partial charge < -0.3 is 16.9 Å². The molecular formula is C14H31Cl2N. The normalized spacial score (nSPS) is 11.3. The Morgan fingerprint density at radius 2 is 1.24 bits per heavy atom. The third kappa shape index (κ3) is 14.5. The minimum atomic E-state index is 0. The molecule has 0 unspecified atom stereocenters. The van der Waals surface area contributed by atoms with E-state index in [9.17, 15) is 0 Å². The maximum atomic E-state index is 5.73. The minimum absolute atomic E-state index is 0. The zero-order chi connectivity index (χ0) is 12.3. The summed E-state index contributed by atoms with van der Waals surface area (Å²) in [7, 11) is 4.65. The fourth-order valence-corrected chi connectivity index (χ4v) is 2.22. The van der Waals surface area contributed by atoms with Crippen molar-refractivity contribution in [2.75, 3.05) is 33.1 Å². The molecule has 0 aromatic carbocycles. The quantitative estimate of drug-likeness (QED) is 0.306. The standard InChI is InChI=1S/C14H31ClN.ClH/c1-4-5-6-7-8-9-10-13-16(2,3)14-11-12-15;/h4-14H2,1-3H3;1H/q+1;/p-1. The van der Waals surface area contributed by atoms with Gasteiger partial charge in [0.15, 0.2) is 0 Å². The molecule has 0 bridgehead atoms. The van der Waals surface area contributed by atoms with E-state index < -0.39 is 0 Å². The number of halogens is 2. The van der Waals surface area contributed by atoms with Crippen molar-refractivity contribution in [1.82, 2.24) is 0 Å². The summed E-state index contributed by atoms with van der Waals surface area (Å²) in [5.41, 5.74) is 0. The second-order valence-electron chi connectivity index (χ2n) is 5.55. The van der Waals surface area contributed by atoms with Gasteiger partial charge in [-0.2, -0.15) is 0 Å². The molecule has 3 heteroatoms. The number of alkyl halides is 1. The van der Waals surface area contributed by atoms with Crippen LogP contribution in [0, 0.1) is 0 Å². The van der Waals surface area contributed by atoms with Crippen LogP contribution in [0.25, 0.3) is 0 Å². The first-order valence-corrected chi connectivity index (χ1v) is 7.54. The van der Waals surface area contributed by atoms with Crippen molar-refractivity contribution in [3.63, 3.8) is 0 Å². The van der Waals surface area contributed by atoms with Crippen LogP contribution in [0.2, 0.25) is 0 Å². The Hall–Kier alpha value is 0.540. The van der Waals surface area contributed by atoms with E-state index in [1.165, 1.54) is 58.0 Å². The van der Waals surface area contributed by atoms with Gasteiger partial charge in [0.25, 0.3) is 0 Å². The molecule has 0 atom stereocenters. The fraction of sp³-hybridized carbons (Fsp3) is 1.00. The first-order chi connectivity index (χ1) is 7.62. The zero-order valence-electron chi connectivity index (χ0n) is 12.0. The van der Waals surface area contributed by atoms with Gasteiger partial charge in [0.1, 0.15) is 0 Å². The van der Waals surface area contributed by atoms with Crippen molar-refractivity contribution in [2.24, 2.45) is 0 Å².